The molecule has 0 radical (unpaired) electrons. The lowest BCUT2D eigenvalue weighted by atomic mass is 10.3. The Balaban J connectivity index is 1.85. The summed E-state index contributed by atoms with van der Waals surface area (Å²) in [7, 11) is 0. The van der Waals surface area contributed by atoms with Crippen molar-refractivity contribution >= 4 is 17.2 Å². The lowest BCUT2D eigenvalue weighted by molar-refractivity contribution is 0.306. The molecule has 0 fully saturated rings. The Morgan fingerprint density at radius 1 is 1.22 bits per heavy atom. The minimum atomic E-state index is 0.225. The van der Waals surface area contributed by atoms with E-state index in [4.69, 9.17) is 22.7 Å². The first kappa shape index (κ1) is 12.4. The number of ether oxygens (including phenoxy) is 1. The van der Waals surface area contributed by atoms with Crippen molar-refractivity contribution < 1.29 is 4.74 Å². The third kappa shape index (κ3) is 3.46. The zero-order valence-electron chi connectivity index (χ0n) is 9.61. The predicted molar refractivity (Wildman–Crippen MR) is 71.4 cm³/mol. The van der Waals surface area contributed by atoms with E-state index in [1.807, 2.05) is 18.2 Å². The molecule has 0 aliphatic rings. The second kappa shape index (κ2) is 6.02. The second-order valence-electron chi connectivity index (χ2n) is 3.52. The van der Waals surface area contributed by atoms with Gasteiger partial charge in [-0.25, -0.2) is 9.97 Å². The van der Waals surface area contributed by atoms with Gasteiger partial charge in [-0.15, -0.1) is 0 Å². The standard InChI is InChI=1S/C12H12N4OS/c13-12(18)10-7-16-11(8-15-10)17-6-4-9-3-1-2-5-14-9/h1-3,5,7-8H,4,6H2,(H2,13,18). The van der Waals surface area contributed by atoms with Gasteiger partial charge in [-0.2, -0.15) is 0 Å². The fourth-order valence-corrected chi connectivity index (χ4v) is 1.43. The zero-order valence-corrected chi connectivity index (χ0v) is 10.4. The van der Waals surface area contributed by atoms with Gasteiger partial charge in [-0.3, -0.25) is 4.98 Å². The van der Waals surface area contributed by atoms with Crippen molar-refractivity contribution in [3.63, 3.8) is 0 Å². The van der Waals surface area contributed by atoms with Crippen LogP contribution in [0.1, 0.15) is 11.4 Å². The van der Waals surface area contributed by atoms with Crippen LogP contribution in [0.4, 0.5) is 0 Å². The second-order valence-corrected chi connectivity index (χ2v) is 3.96. The summed E-state index contributed by atoms with van der Waals surface area (Å²) >= 11 is 4.78. The Labute approximate surface area is 110 Å². The molecule has 2 N–H and O–H groups in total. The molecule has 0 aliphatic heterocycles. The van der Waals surface area contributed by atoms with E-state index in [1.165, 1.54) is 12.4 Å². The Kier molecular flexibility index (Phi) is 4.14. The molecule has 0 aromatic carbocycles. The molecule has 0 saturated carbocycles. The molecule has 92 valence electrons. The van der Waals surface area contributed by atoms with E-state index in [-0.39, 0.29) is 4.99 Å². The maximum Gasteiger partial charge on any atom is 0.232 e. The van der Waals surface area contributed by atoms with Crippen molar-refractivity contribution in [2.45, 2.75) is 6.42 Å². The van der Waals surface area contributed by atoms with Crippen LogP contribution >= 0.6 is 12.2 Å². The van der Waals surface area contributed by atoms with Crippen LogP contribution in [0.2, 0.25) is 0 Å². The topological polar surface area (TPSA) is 73.9 Å². The average Bonchev–Trinajstić information content (AvgIpc) is 2.40. The molecule has 0 atom stereocenters. The third-order valence-electron chi connectivity index (χ3n) is 2.21. The minimum absolute atomic E-state index is 0.225. The van der Waals surface area contributed by atoms with E-state index < -0.39 is 0 Å². The normalized spacial score (nSPS) is 10.0. The van der Waals surface area contributed by atoms with Gasteiger partial charge in [0.05, 0.1) is 19.0 Å². The van der Waals surface area contributed by atoms with Crippen molar-refractivity contribution in [3.8, 4) is 5.88 Å². The number of pyridine rings is 1. The molecule has 0 amide bonds. The van der Waals surface area contributed by atoms with Crippen molar-refractivity contribution in [1.82, 2.24) is 15.0 Å². The van der Waals surface area contributed by atoms with E-state index in [9.17, 15) is 0 Å². The quantitative estimate of drug-likeness (QED) is 0.812. The maximum atomic E-state index is 5.45. The van der Waals surface area contributed by atoms with Crippen LogP contribution in [0.15, 0.2) is 36.8 Å². The monoisotopic (exact) mass is 260 g/mol. The fraction of sp³-hybridized carbons (Fsp3) is 0.167. The van der Waals surface area contributed by atoms with Gasteiger partial charge in [0.1, 0.15) is 10.7 Å². The number of aromatic nitrogens is 3. The van der Waals surface area contributed by atoms with Crippen LogP contribution in [-0.2, 0) is 6.42 Å². The zero-order chi connectivity index (χ0) is 12.8. The largest absolute Gasteiger partial charge is 0.476 e. The summed E-state index contributed by atoms with van der Waals surface area (Å²) in [6.45, 7) is 0.498. The summed E-state index contributed by atoms with van der Waals surface area (Å²) in [6.07, 6.45) is 5.48. The summed E-state index contributed by atoms with van der Waals surface area (Å²) in [5, 5.41) is 0. The number of thiocarbonyl (C=S) groups is 1. The molecule has 0 aliphatic carbocycles. The van der Waals surface area contributed by atoms with Crippen molar-refractivity contribution in [2.24, 2.45) is 5.73 Å². The minimum Gasteiger partial charge on any atom is -0.476 e. The molecule has 0 bridgehead atoms. The molecule has 2 heterocycles. The van der Waals surface area contributed by atoms with Crippen LogP contribution in [0.5, 0.6) is 5.88 Å². The molecule has 0 saturated heterocycles. The average molecular weight is 260 g/mol. The number of nitrogens with zero attached hydrogens (tertiary/aromatic N) is 3. The number of hydrogen-bond donors (Lipinski definition) is 1. The molecule has 18 heavy (non-hydrogen) atoms. The fourth-order valence-electron chi connectivity index (χ4n) is 1.32. The van der Waals surface area contributed by atoms with Crippen molar-refractivity contribution in [2.75, 3.05) is 6.61 Å². The number of nitrogens with two attached hydrogens (primary N) is 1. The Hall–Kier alpha value is -2.08. The molecular weight excluding hydrogens is 248 g/mol. The van der Waals surface area contributed by atoms with Gasteiger partial charge in [0, 0.05) is 18.3 Å². The molecule has 2 aromatic rings. The van der Waals surface area contributed by atoms with Crippen LogP contribution in [0, 0.1) is 0 Å². The van der Waals surface area contributed by atoms with Gasteiger partial charge in [0.25, 0.3) is 0 Å². The molecule has 0 unspecified atom stereocenters. The first-order valence-electron chi connectivity index (χ1n) is 5.40. The number of rotatable bonds is 5. The summed E-state index contributed by atoms with van der Waals surface area (Å²) in [5.74, 6) is 0.450. The molecule has 2 aromatic heterocycles. The molecular formula is C12H12N4OS. The first-order valence-corrected chi connectivity index (χ1v) is 5.81. The van der Waals surface area contributed by atoms with Crippen LogP contribution < -0.4 is 10.5 Å². The van der Waals surface area contributed by atoms with E-state index in [2.05, 4.69) is 15.0 Å². The lowest BCUT2D eigenvalue weighted by Crippen LogP contribution is -2.12. The van der Waals surface area contributed by atoms with E-state index >= 15 is 0 Å². The highest BCUT2D eigenvalue weighted by Gasteiger charge is 2.01. The van der Waals surface area contributed by atoms with Gasteiger partial charge in [0.2, 0.25) is 5.88 Å². The van der Waals surface area contributed by atoms with E-state index in [1.54, 1.807) is 6.20 Å². The van der Waals surface area contributed by atoms with Crippen LogP contribution in [-0.4, -0.2) is 26.5 Å². The first-order chi connectivity index (χ1) is 8.75. The SMILES string of the molecule is NC(=S)c1cnc(OCCc2ccccn2)cn1. The van der Waals surface area contributed by atoms with E-state index in [0.717, 1.165) is 12.1 Å². The van der Waals surface area contributed by atoms with Gasteiger partial charge in [-0.05, 0) is 12.1 Å². The summed E-state index contributed by atoms with van der Waals surface area (Å²) in [4.78, 5) is 12.5. The Morgan fingerprint density at radius 2 is 2.11 bits per heavy atom. The highest BCUT2D eigenvalue weighted by Crippen LogP contribution is 2.05. The molecule has 0 spiro atoms. The van der Waals surface area contributed by atoms with Gasteiger partial charge < -0.3 is 10.5 Å². The van der Waals surface area contributed by atoms with E-state index in [0.29, 0.717) is 18.2 Å². The van der Waals surface area contributed by atoms with Crippen molar-refractivity contribution in [1.29, 1.82) is 0 Å². The molecule has 6 heteroatoms. The molecule has 5 nitrogen and oxygen atoms in total. The lowest BCUT2D eigenvalue weighted by Gasteiger charge is -2.04. The Bertz CT molecular complexity index is 515. The third-order valence-corrected chi connectivity index (χ3v) is 2.42. The highest BCUT2D eigenvalue weighted by atomic mass is 32.1. The van der Waals surface area contributed by atoms with Gasteiger partial charge in [0.15, 0.2) is 0 Å². The van der Waals surface area contributed by atoms with Crippen LogP contribution in [0.25, 0.3) is 0 Å². The Morgan fingerprint density at radius 3 is 2.72 bits per heavy atom. The molecule has 2 rings (SSSR count). The maximum absolute atomic E-state index is 5.45. The predicted octanol–water partition coefficient (Wildman–Crippen LogP) is 1.13. The summed E-state index contributed by atoms with van der Waals surface area (Å²) < 4.78 is 5.45. The summed E-state index contributed by atoms with van der Waals surface area (Å²) in [6, 6.07) is 5.77. The van der Waals surface area contributed by atoms with Gasteiger partial charge >= 0.3 is 0 Å². The van der Waals surface area contributed by atoms with Crippen LogP contribution in [0.3, 0.4) is 0 Å². The highest BCUT2D eigenvalue weighted by molar-refractivity contribution is 7.80. The smallest absolute Gasteiger partial charge is 0.232 e. The summed E-state index contributed by atoms with van der Waals surface area (Å²) in [5.41, 5.74) is 6.88. The van der Waals surface area contributed by atoms with Gasteiger partial charge in [-0.1, -0.05) is 18.3 Å². The van der Waals surface area contributed by atoms with Crippen molar-refractivity contribution in [3.05, 3.63) is 48.2 Å². The number of hydrogen-bond acceptors (Lipinski definition) is 5.